The van der Waals surface area contributed by atoms with Crippen LogP contribution in [-0.4, -0.2) is 16.9 Å². The van der Waals surface area contributed by atoms with E-state index in [-0.39, 0.29) is 17.8 Å². The van der Waals surface area contributed by atoms with Crippen molar-refractivity contribution in [3.05, 3.63) is 47.4 Å². The van der Waals surface area contributed by atoms with Gasteiger partial charge in [-0.15, -0.1) is 0 Å². The number of halogens is 1. The molecule has 1 aromatic heterocycles. The van der Waals surface area contributed by atoms with E-state index in [4.69, 9.17) is 0 Å². The third-order valence-corrected chi connectivity index (χ3v) is 5.44. The Bertz CT molecular complexity index is 720. The van der Waals surface area contributed by atoms with Crippen molar-refractivity contribution in [2.24, 2.45) is 11.8 Å². The van der Waals surface area contributed by atoms with Gasteiger partial charge in [-0.1, -0.05) is 26.7 Å². The summed E-state index contributed by atoms with van der Waals surface area (Å²) in [5.41, 5.74) is 3.21. The smallest absolute Gasteiger partial charge is 0.253 e. The molecule has 2 N–H and O–H groups in total. The summed E-state index contributed by atoms with van der Waals surface area (Å²) in [7, 11) is 0. The molecule has 24 heavy (non-hydrogen) atoms. The van der Waals surface area contributed by atoms with Crippen LogP contribution in [0.2, 0.25) is 0 Å². The second-order valence-corrected chi connectivity index (χ2v) is 7.08. The summed E-state index contributed by atoms with van der Waals surface area (Å²) in [5.74, 6) is 0.855. The van der Waals surface area contributed by atoms with Gasteiger partial charge in [-0.2, -0.15) is 0 Å². The standard InChI is InChI=1S/C20H25FN2O/c1-12-5-4-6-18(13(12)2)23-20(24)17-11-19(22-14(17)3)15-7-9-16(21)10-8-15/h7-13,18,22H,4-6H2,1-3H3,(H,23,24)/t12-,13+,18-/m1/s1. The van der Waals surface area contributed by atoms with Gasteiger partial charge >= 0.3 is 0 Å². The lowest BCUT2D eigenvalue weighted by atomic mass is 9.78. The Balaban J connectivity index is 1.77. The maximum atomic E-state index is 13.1. The average Bonchev–Trinajstić information content (AvgIpc) is 2.94. The van der Waals surface area contributed by atoms with Crippen molar-refractivity contribution in [1.82, 2.24) is 10.3 Å². The number of nitrogens with one attached hydrogen (secondary N) is 2. The lowest BCUT2D eigenvalue weighted by Gasteiger charge is -2.34. The quantitative estimate of drug-likeness (QED) is 0.844. The molecule has 0 saturated heterocycles. The van der Waals surface area contributed by atoms with E-state index < -0.39 is 0 Å². The van der Waals surface area contributed by atoms with Crippen molar-refractivity contribution < 1.29 is 9.18 Å². The number of hydrogen-bond acceptors (Lipinski definition) is 1. The number of carbonyl (C=O) groups excluding carboxylic acids is 1. The van der Waals surface area contributed by atoms with Gasteiger partial charge in [-0.25, -0.2) is 4.39 Å². The minimum absolute atomic E-state index is 0.0249. The average molecular weight is 328 g/mol. The van der Waals surface area contributed by atoms with Crippen LogP contribution in [0.15, 0.2) is 30.3 Å². The summed E-state index contributed by atoms with van der Waals surface area (Å²) < 4.78 is 13.1. The second kappa shape index (κ2) is 6.80. The van der Waals surface area contributed by atoms with Crippen LogP contribution in [0.5, 0.6) is 0 Å². The molecule has 128 valence electrons. The van der Waals surface area contributed by atoms with Gasteiger partial charge in [-0.3, -0.25) is 4.79 Å². The molecule has 4 heteroatoms. The Morgan fingerprint density at radius 1 is 1.21 bits per heavy atom. The van der Waals surface area contributed by atoms with Gasteiger partial charge in [0.2, 0.25) is 0 Å². The van der Waals surface area contributed by atoms with E-state index in [0.29, 0.717) is 17.4 Å². The highest BCUT2D eigenvalue weighted by atomic mass is 19.1. The summed E-state index contributed by atoms with van der Waals surface area (Å²) in [6.07, 6.45) is 3.46. The molecule has 0 radical (unpaired) electrons. The third kappa shape index (κ3) is 3.37. The molecule has 0 aliphatic heterocycles. The first-order valence-electron chi connectivity index (χ1n) is 8.72. The Morgan fingerprint density at radius 3 is 2.62 bits per heavy atom. The van der Waals surface area contributed by atoms with E-state index in [1.54, 1.807) is 12.1 Å². The van der Waals surface area contributed by atoms with Gasteiger partial charge in [0, 0.05) is 17.4 Å². The highest BCUT2D eigenvalue weighted by Crippen LogP contribution is 2.30. The molecular formula is C20H25FN2O. The fourth-order valence-electron chi connectivity index (χ4n) is 3.61. The predicted molar refractivity (Wildman–Crippen MR) is 94.4 cm³/mol. The summed E-state index contributed by atoms with van der Waals surface area (Å²) in [6.45, 7) is 6.38. The zero-order valence-corrected chi connectivity index (χ0v) is 14.5. The molecule has 1 aliphatic rings. The lowest BCUT2D eigenvalue weighted by molar-refractivity contribution is 0.0890. The Hall–Kier alpha value is -2.10. The van der Waals surface area contributed by atoms with Crippen LogP contribution in [0.1, 0.15) is 49.2 Å². The van der Waals surface area contributed by atoms with Crippen molar-refractivity contribution >= 4 is 5.91 Å². The Labute approximate surface area is 142 Å². The van der Waals surface area contributed by atoms with E-state index in [9.17, 15) is 9.18 Å². The number of benzene rings is 1. The number of aromatic nitrogens is 1. The lowest BCUT2D eigenvalue weighted by Crippen LogP contribution is -2.43. The molecule has 3 atom stereocenters. The van der Waals surface area contributed by atoms with Crippen molar-refractivity contribution in [2.75, 3.05) is 0 Å². The van der Waals surface area contributed by atoms with Gasteiger partial charge in [-0.05, 0) is 61.1 Å². The van der Waals surface area contributed by atoms with E-state index >= 15 is 0 Å². The van der Waals surface area contributed by atoms with Crippen molar-refractivity contribution in [3.63, 3.8) is 0 Å². The fourth-order valence-corrected chi connectivity index (χ4v) is 3.61. The minimum Gasteiger partial charge on any atom is -0.358 e. The molecule has 2 aromatic rings. The van der Waals surface area contributed by atoms with Crippen LogP contribution in [-0.2, 0) is 0 Å². The summed E-state index contributed by atoms with van der Waals surface area (Å²) >= 11 is 0. The van der Waals surface area contributed by atoms with E-state index in [1.165, 1.54) is 25.0 Å². The molecule has 0 bridgehead atoms. The molecule has 3 rings (SSSR count). The monoisotopic (exact) mass is 328 g/mol. The van der Waals surface area contributed by atoms with Crippen molar-refractivity contribution in [2.45, 2.75) is 46.1 Å². The highest BCUT2D eigenvalue weighted by molar-refractivity contribution is 5.97. The zero-order valence-electron chi connectivity index (χ0n) is 14.5. The van der Waals surface area contributed by atoms with Gasteiger partial charge in [0.1, 0.15) is 5.82 Å². The van der Waals surface area contributed by atoms with Crippen LogP contribution in [0, 0.1) is 24.6 Å². The molecule has 1 fully saturated rings. The molecular weight excluding hydrogens is 303 g/mol. The minimum atomic E-state index is -0.264. The number of amides is 1. The molecule has 1 heterocycles. The number of carbonyl (C=O) groups is 1. The summed E-state index contributed by atoms with van der Waals surface area (Å²) in [4.78, 5) is 15.9. The molecule has 0 spiro atoms. The SMILES string of the molecule is Cc1[nH]c(-c2ccc(F)cc2)cc1C(=O)N[C@@H]1CCC[C@@H](C)[C@@H]1C. The van der Waals surface area contributed by atoms with Crippen LogP contribution in [0.4, 0.5) is 4.39 Å². The summed E-state index contributed by atoms with van der Waals surface area (Å²) in [5, 5.41) is 3.21. The van der Waals surface area contributed by atoms with E-state index in [2.05, 4.69) is 24.1 Å². The van der Waals surface area contributed by atoms with Gasteiger partial charge in [0.05, 0.1) is 5.56 Å². The topological polar surface area (TPSA) is 44.9 Å². The van der Waals surface area contributed by atoms with Crippen LogP contribution in [0.25, 0.3) is 11.3 Å². The van der Waals surface area contributed by atoms with E-state index in [1.807, 2.05) is 13.0 Å². The first-order chi connectivity index (χ1) is 11.5. The number of hydrogen-bond donors (Lipinski definition) is 2. The second-order valence-electron chi connectivity index (χ2n) is 7.08. The summed E-state index contributed by atoms with van der Waals surface area (Å²) in [6, 6.07) is 8.38. The largest absolute Gasteiger partial charge is 0.358 e. The number of aryl methyl sites for hydroxylation is 1. The molecule has 3 nitrogen and oxygen atoms in total. The van der Waals surface area contributed by atoms with Crippen LogP contribution >= 0.6 is 0 Å². The molecule has 1 amide bonds. The Kier molecular flexibility index (Phi) is 4.74. The number of H-pyrrole nitrogens is 1. The van der Waals surface area contributed by atoms with Gasteiger partial charge in [0.25, 0.3) is 5.91 Å². The first kappa shape index (κ1) is 16.7. The van der Waals surface area contributed by atoms with Gasteiger partial charge < -0.3 is 10.3 Å². The van der Waals surface area contributed by atoms with Crippen LogP contribution in [0.3, 0.4) is 0 Å². The zero-order chi connectivity index (χ0) is 17.3. The maximum Gasteiger partial charge on any atom is 0.253 e. The van der Waals surface area contributed by atoms with E-state index in [0.717, 1.165) is 23.4 Å². The third-order valence-electron chi connectivity index (χ3n) is 5.44. The van der Waals surface area contributed by atoms with Gasteiger partial charge in [0.15, 0.2) is 0 Å². The normalized spacial score (nSPS) is 23.9. The predicted octanol–water partition coefficient (Wildman–Crippen LogP) is 4.68. The van der Waals surface area contributed by atoms with Crippen molar-refractivity contribution in [3.8, 4) is 11.3 Å². The molecule has 0 unspecified atom stereocenters. The molecule has 1 aromatic carbocycles. The fraction of sp³-hybridized carbons (Fsp3) is 0.450. The maximum absolute atomic E-state index is 13.1. The Morgan fingerprint density at radius 2 is 1.92 bits per heavy atom. The van der Waals surface area contributed by atoms with Crippen LogP contribution < -0.4 is 5.32 Å². The molecule has 1 saturated carbocycles. The van der Waals surface area contributed by atoms with Crippen molar-refractivity contribution in [1.29, 1.82) is 0 Å². The number of aromatic amines is 1. The molecule has 1 aliphatic carbocycles. The number of rotatable bonds is 3. The first-order valence-corrected chi connectivity index (χ1v) is 8.72. The highest BCUT2D eigenvalue weighted by Gasteiger charge is 2.29.